The highest BCUT2D eigenvalue weighted by molar-refractivity contribution is 6.42. The predicted octanol–water partition coefficient (Wildman–Crippen LogP) is 14.3. The number of hydrogen-bond acceptors (Lipinski definition) is 10. The van der Waals surface area contributed by atoms with Crippen LogP contribution in [0.4, 0.5) is 0 Å². The molecule has 0 amide bonds. The van der Waals surface area contributed by atoms with Gasteiger partial charge < -0.3 is 30.6 Å². The van der Waals surface area contributed by atoms with Crippen LogP contribution in [0.2, 0.25) is 40.7 Å². The molecule has 6 N–H and O–H groups in total. The monoisotopic (exact) mass is 1000 g/mol. The van der Waals surface area contributed by atoms with Gasteiger partial charge in [0, 0.05) is 35.9 Å². The molecule has 0 aliphatic heterocycles. The first-order chi connectivity index (χ1) is 24.8. The fourth-order valence-corrected chi connectivity index (χ4v) is 3.66. The van der Waals surface area contributed by atoms with Gasteiger partial charge in [0.15, 0.2) is 0 Å². The Kier molecular flexibility index (Phi) is 48.8. The van der Waals surface area contributed by atoms with Gasteiger partial charge in [-0.2, -0.15) is 0 Å². The molecule has 4 aromatic rings. The Morgan fingerprint density at radius 3 is 0.850 bits per heavy atom. The Hall–Kier alpha value is -1.84. The van der Waals surface area contributed by atoms with Crippen LogP contribution in [0.1, 0.15) is 121 Å². The molecule has 18 heteroatoms. The second-order valence-corrected chi connectivity index (χ2v) is 15.4. The number of hydrogen-bond donors (Lipinski definition) is 6. The molecule has 0 aliphatic carbocycles. The number of nitrogens with zero attached hydrogens (tertiary/aromatic N) is 4. The van der Waals surface area contributed by atoms with Gasteiger partial charge >= 0.3 is 0 Å². The summed E-state index contributed by atoms with van der Waals surface area (Å²) < 4.78 is 0. The fourth-order valence-electron chi connectivity index (χ4n) is 2.54. The van der Waals surface area contributed by atoms with Crippen molar-refractivity contribution in [3.63, 3.8) is 0 Å². The van der Waals surface area contributed by atoms with Crippen LogP contribution >= 0.6 is 92.8 Å². The lowest BCUT2D eigenvalue weighted by Crippen LogP contribution is -2.10. The Morgan fingerprint density at radius 2 is 0.683 bits per heavy atom. The van der Waals surface area contributed by atoms with Gasteiger partial charge in [0.05, 0.1) is 44.5 Å². The molecule has 0 spiro atoms. The smallest absolute Gasteiger partial charge is 0.147 e. The second kappa shape index (κ2) is 38.8. The van der Waals surface area contributed by atoms with E-state index in [-0.39, 0.29) is 78.1 Å². The van der Waals surface area contributed by atoms with Crippen molar-refractivity contribution < 1.29 is 30.6 Å². The van der Waals surface area contributed by atoms with Gasteiger partial charge in [-0.1, -0.05) is 163 Å². The van der Waals surface area contributed by atoms with Crippen molar-refractivity contribution in [1.29, 1.82) is 0 Å². The zero-order chi connectivity index (χ0) is 42.4. The van der Waals surface area contributed by atoms with E-state index in [1.54, 1.807) is 78.2 Å². The standard InChI is InChI=1S/2C7H7Cl2NO2.2C7H5Cl2N.2C4H10O.6CH4/c2*8-5-1-4(6(12)3-11)2-10-7(5)9;2*1-2-5-3-6(8)7(9)10-4-5;2*1-4(2,3)5;;;;;;/h2*1-2,6,11-12H,3H2;2*2-4H,1H2;2*5H,1-3H3;6*1H4/t2*6-;;;;;;;;;;/m10........../s1. The van der Waals surface area contributed by atoms with E-state index in [9.17, 15) is 0 Å². The van der Waals surface area contributed by atoms with E-state index in [0.717, 1.165) is 11.1 Å². The highest BCUT2D eigenvalue weighted by Crippen LogP contribution is 2.24. The van der Waals surface area contributed by atoms with Gasteiger partial charge in [-0.05, 0) is 76.9 Å². The zero-order valence-electron chi connectivity index (χ0n) is 30.3. The Labute approximate surface area is 400 Å². The fraction of sp³-hybridized carbons (Fsp3) is 0.429. The summed E-state index contributed by atoms with van der Waals surface area (Å²) in [5.41, 5.74) is 1.64. The number of aliphatic hydroxyl groups is 6. The Morgan fingerprint density at radius 1 is 0.483 bits per heavy atom. The van der Waals surface area contributed by atoms with Crippen molar-refractivity contribution in [2.24, 2.45) is 0 Å². The molecule has 4 aromatic heterocycles. The maximum atomic E-state index is 9.15. The van der Waals surface area contributed by atoms with Crippen LogP contribution in [0, 0.1) is 0 Å². The third-order valence-electron chi connectivity index (χ3n) is 4.86. The summed E-state index contributed by atoms with van der Waals surface area (Å²) in [7, 11) is 0. The van der Waals surface area contributed by atoms with E-state index >= 15 is 0 Å². The van der Waals surface area contributed by atoms with E-state index in [4.69, 9.17) is 123 Å². The van der Waals surface area contributed by atoms with Crippen molar-refractivity contribution in [3.05, 3.63) is 125 Å². The van der Waals surface area contributed by atoms with E-state index in [2.05, 4.69) is 33.1 Å². The molecule has 0 saturated heterocycles. The summed E-state index contributed by atoms with van der Waals surface area (Å²) in [5, 5.41) is 55.0. The molecule has 0 aliphatic rings. The molecule has 60 heavy (non-hydrogen) atoms. The van der Waals surface area contributed by atoms with Gasteiger partial charge in [0.2, 0.25) is 0 Å². The quantitative estimate of drug-likeness (QED) is 0.102. The lowest BCUT2D eigenvalue weighted by molar-refractivity contribution is 0.0953. The van der Waals surface area contributed by atoms with Gasteiger partial charge in [-0.3, -0.25) is 0 Å². The molecule has 2 atom stereocenters. The lowest BCUT2D eigenvalue weighted by atomic mass is 10.2. The van der Waals surface area contributed by atoms with Crippen LogP contribution in [0.25, 0.3) is 12.2 Å². The van der Waals surface area contributed by atoms with Crippen LogP contribution in [0.5, 0.6) is 0 Å². The number of aromatic nitrogens is 4. The predicted molar refractivity (Wildman–Crippen MR) is 266 cm³/mol. The summed E-state index contributed by atoms with van der Waals surface area (Å²) in [6, 6.07) is 6.36. The van der Waals surface area contributed by atoms with E-state index in [1.807, 2.05) is 0 Å². The number of halogens is 8. The molecule has 0 unspecified atom stereocenters. The molecule has 10 nitrogen and oxygen atoms in total. The van der Waals surface area contributed by atoms with Crippen LogP contribution in [0.3, 0.4) is 0 Å². The van der Waals surface area contributed by atoms with Crippen molar-refractivity contribution in [1.82, 2.24) is 19.9 Å². The van der Waals surface area contributed by atoms with Crippen LogP contribution in [0.15, 0.2) is 62.2 Å². The average Bonchev–Trinajstić information content (AvgIpc) is 3.08. The minimum atomic E-state index is -0.952. The highest BCUT2D eigenvalue weighted by atomic mass is 35.5. The van der Waals surface area contributed by atoms with E-state index in [1.165, 1.54) is 24.5 Å². The molecular formula is C42H68Cl8N4O6. The van der Waals surface area contributed by atoms with Crippen molar-refractivity contribution >= 4 is 105 Å². The average molecular weight is 1010 g/mol. The van der Waals surface area contributed by atoms with E-state index in [0.29, 0.717) is 31.5 Å². The SMILES string of the molecule is C.C.C.C.C.C.C=Cc1cnc(Cl)c(Cl)c1.C=Cc1cnc(Cl)c(Cl)c1.CC(C)(C)O.CC(C)(C)O.OC[C@@H](O)c1cnc(Cl)c(Cl)c1.OC[C@H](O)c1cnc(Cl)c(Cl)c1. The molecule has 348 valence electrons. The van der Waals surface area contributed by atoms with Crippen LogP contribution < -0.4 is 0 Å². The molecule has 0 aromatic carbocycles. The van der Waals surface area contributed by atoms with E-state index < -0.39 is 23.4 Å². The molecule has 4 heterocycles. The largest absolute Gasteiger partial charge is 0.393 e. The van der Waals surface area contributed by atoms with Gasteiger partial charge in [0.1, 0.15) is 32.8 Å². The highest BCUT2D eigenvalue weighted by Gasteiger charge is 2.09. The first kappa shape index (κ1) is 75.5. The summed E-state index contributed by atoms with van der Waals surface area (Å²) in [4.78, 5) is 15.0. The second-order valence-electron chi connectivity index (χ2n) is 12.3. The molecule has 0 radical (unpaired) electrons. The summed E-state index contributed by atoms with van der Waals surface area (Å²) >= 11 is 44.8. The number of aliphatic hydroxyl groups excluding tert-OH is 4. The lowest BCUT2D eigenvalue weighted by Gasteiger charge is -2.06. The van der Waals surface area contributed by atoms with Crippen LogP contribution in [-0.4, -0.2) is 75.0 Å². The summed E-state index contributed by atoms with van der Waals surface area (Å²) in [6.07, 6.45) is 7.39. The molecule has 0 fully saturated rings. The molecular weight excluding hydrogens is 940 g/mol. The molecule has 0 saturated carbocycles. The Balaban J connectivity index is -0.0000000906. The Bertz CT molecular complexity index is 1590. The van der Waals surface area contributed by atoms with Crippen molar-refractivity contribution in [2.45, 2.75) is 110 Å². The summed E-state index contributed by atoms with van der Waals surface area (Å²) in [5.74, 6) is 0. The topological polar surface area (TPSA) is 173 Å². The van der Waals surface area contributed by atoms with Crippen LogP contribution in [-0.2, 0) is 0 Å². The first-order valence-corrected chi connectivity index (χ1v) is 18.3. The first-order valence-electron chi connectivity index (χ1n) is 15.3. The maximum Gasteiger partial charge on any atom is 0.147 e. The van der Waals surface area contributed by atoms with Gasteiger partial charge in [0.25, 0.3) is 0 Å². The molecule has 0 bridgehead atoms. The van der Waals surface area contributed by atoms with Crippen molar-refractivity contribution in [2.75, 3.05) is 13.2 Å². The normalized spacial score (nSPS) is 10.3. The molecule has 4 rings (SSSR count). The summed E-state index contributed by atoms with van der Waals surface area (Å²) in [6.45, 7) is 16.9. The van der Waals surface area contributed by atoms with Gasteiger partial charge in [-0.25, -0.2) is 19.9 Å². The maximum absolute atomic E-state index is 9.15. The van der Waals surface area contributed by atoms with Gasteiger partial charge in [-0.15, -0.1) is 0 Å². The third-order valence-corrected chi connectivity index (χ3v) is 7.60. The number of pyridine rings is 4. The minimum Gasteiger partial charge on any atom is -0.393 e. The van der Waals surface area contributed by atoms with Crippen molar-refractivity contribution in [3.8, 4) is 0 Å². The third kappa shape index (κ3) is 39.0. The number of rotatable bonds is 6. The minimum absolute atomic E-state index is 0. The zero-order valence-corrected chi connectivity index (χ0v) is 36.3.